The van der Waals surface area contributed by atoms with Crippen LogP contribution >= 0.6 is 24.8 Å². The molecule has 0 atom stereocenters. The fourth-order valence-corrected chi connectivity index (χ4v) is 1.33. The Kier molecular flexibility index (Phi) is 7.63. The molecule has 7 heteroatoms. The van der Waals surface area contributed by atoms with Crippen LogP contribution < -0.4 is 10.6 Å². The number of alkyl halides is 3. The van der Waals surface area contributed by atoms with Crippen LogP contribution in [0.4, 0.5) is 18.9 Å². The molecule has 0 saturated heterocycles. The SMILES string of the molecule is CN(C)c1cc(C(F)(F)F)ccc1CN.Cl.Cl. The van der Waals surface area contributed by atoms with Crippen molar-refractivity contribution >= 4 is 30.5 Å². The third-order valence-electron chi connectivity index (χ3n) is 2.11. The maximum atomic E-state index is 12.4. The van der Waals surface area contributed by atoms with Gasteiger partial charge in [-0.25, -0.2) is 0 Å². The summed E-state index contributed by atoms with van der Waals surface area (Å²) in [4.78, 5) is 1.62. The van der Waals surface area contributed by atoms with Crippen LogP contribution in [0.5, 0.6) is 0 Å². The second kappa shape index (κ2) is 6.93. The molecule has 1 rings (SSSR count). The van der Waals surface area contributed by atoms with Crippen LogP contribution in [-0.4, -0.2) is 14.1 Å². The molecule has 0 aliphatic rings. The molecule has 0 saturated carbocycles. The van der Waals surface area contributed by atoms with Crippen LogP contribution in [-0.2, 0) is 12.7 Å². The van der Waals surface area contributed by atoms with E-state index in [0.717, 1.165) is 12.1 Å². The quantitative estimate of drug-likeness (QED) is 0.907. The van der Waals surface area contributed by atoms with Gasteiger partial charge in [-0.05, 0) is 17.7 Å². The first-order valence-corrected chi connectivity index (χ1v) is 4.43. The average molecular weight is 291 g/mol. The number of hydrogen-bond donors (Lipinski definition) is 1. The molecule has 1 aromatic carbocycles. The van der Waals surface area contributed by atoms with Crippen molar-refractivity contribution in [1.29, 1.82) is 0 Å². The Labute approximate surface area is 111 Å². The molecular formula is C10H15Cl2F3N2. The maximum Gasteiger partial charge on any atom is 0.416 e. The summed E-state index contributed by atoms with van der Waals surface area (Å²) in [5.74, 6) is 0. The lowest BCUT2D eigenvalue weighted by Crippen LogP contribution is -2.15. The molecule has 0 amide bonds. The monoisotopic (exact) mass is 290 g/mol. The first kappa shape index (κ1) is 18.7. The van der Waals surface area contributed by atoms with Crippen molar-refractivity contribution in [1.82, 2.24) is 0 Å². The third kappa shape index (κ3) is 4.61. The van der Waals surface area contributed by atoms with Crippen molar-refractivity contribution in [2.75, 3.05) is 19.0 Å². The van der Waals surface area contributed by atoms with Gasteiger partial charge in [0.05, 0.1) is 5.56 Å². The van der Waals surface area contributed by atoms with E-state index in [2.05, 4.69) is 0 Å². The van der Waals surface area contributed by atoms with E-state index in [9.17, 15) is 13.2 Å². The molecule has 1 aromatic rings. The number of anilines is 1. The lowest BCUT2D eigenvalue weighted by atomic mass is 10.1. The van der Waals surface area contributed by atoms with Crippen molar-refractivity contribution in [3.8, 4) is 0 Å². The fourth-order valence-electron chi connectivity index (χ4n) is 1.33. The molecule has 0 unspecified atom stereocenters. The van der Waals surface area contributed by atoms with Gasteiger partial charge < -0.3 is 10.6 Å². The van der Waals surface area contributed by atoms with E-state index in [4.69, 9.17) is 5.73 Å². The minimum atomic E-state index is -4.31. The fraction of sp³-hybridized carbons (Fsp3) is 0.400. The van der Waals surface area contributed by atoms with Gasteiger partial charge in [-0.3, -0.25) is 0 Å². The van der Waals surface area contributed by atoms with Crippen molar-refractivity contribution in [3.05, 3.63) is 29.3 Å². The second-order valence-electron chi connectivity index (χ2n) is 3.44. The number of benzene rings is 1. The number of halogens is 5. The highest BCUT2D eigenvalue weighted by atomic mass is 35.5. The molecule has 100 valence electrons. The van der Waals surface area contributed by atoms with Gasteiger partial charge in [0.15, 0.2) is 0 Å². The second-order valence-corrected chi connectivity index (χ2v) is 3.44. The number of nitrogens with zero attached hydrogens (tertiary/aromatic N) is 1. The van der Waals surface area contributed by atoms with Crippen molar-refractivity contribution in [3.63, 3.8) is 0 Å². The zero-order chi connectivity index (χ0) is 11.6. The Morgan fingerprint density at radius 2 is 1.71 bits per heavy atom. The minimum Gasteiger partial charge on any atom is -0.377 e. The summed E-state index contributed by atoms with van der Waals surface area (Å²) < 4.78 is 37.3. The number of rotatable bonds is 2. The van der Waals surface area contributed by atoms with Gasteiger partial charge >= 0.3 is 6.18 Å². The normalized spacial score (nSPS) is 10.2. The Balaban J connectivity index is 0. The highest BCUT2D eigenvalue weighted by molar-refractivity contribution is 5.85. The van der Waals surface area contributed by atoms with Gasteiger partial charge in [0.2, 0.25) is 0 Å². The Bertz CT molecular complexity index is 354. The molecule has 0 heterocycles. The Morgan fingerprint density at radius 1 is 1.18 bits per heavy atom. The summed E-state index contributed by atoms with van der Waals surface area (Å²) in [7, 11) is 3.38. The molecule has 2 nitrogen and oxygen atoms in total. The minimum absolute atomic E-state index is 0. The highest BCUT2D eigenvalue weighted by Gasteiger charge is 2.31. The standard InChI is InChI=1S/C10H13F3N2.2ClH/c1-15(2)9-5-8(10(11,12)13)4-3-7(9)6-14;;/h3-5H,6,14H2,1-2H3;2*1H. The summed E-state index contributed by atoms with van der Waals surface area (Å²) in [5.41, 5.74) is 6.00. The van der Waals surface area contributed by atoms with E-state index in [1.807, 2.05) is 0 Å². The van der Waals surface area contributed by atoms with E-state index >= 15 is 0 Å². The number of nitrogens with two attached hydrogens (primary N) is 1. The zero-order valence-corrected chi connectivity index (χ0v) is 11.0. The van der Waals surface area contributed by atoms with E-state index in [-0.39, 0.29) is 31.4 Å². The molecule has 0 aliphatic heterocycles. The highest BCUT2D eigenvalue weighted by Crippen LogP contribution is 2.32. The molecule has 0 aromatic heterocycles. The van der Waals surface area contributed by atoms with Gasteiger partial charge in [-0.1, -0.05) is 6.07 Å². The van der Waals surface area contributed by atoms with Crippen molar-refractivity contribution < 1.29 is 13.2 Å². The topological polar surface area (TPSA) is 29.3 Å². The predicted octanol–water partition coefficient (Wildman–Crippen LogP) is 3.07. The maximum absolute atomic E-state index is 12.4. The van der Waals surface area contributed by atoms with Crippen LogP contribution in [0.3, 0.4) is 0 Å². The van der Waals surface area contributed by atoms with E-state index in [0.29, 0.717) is 11.3 Å². The number of hydrogen-bond acceptors (Lipinski definition) is 2. The third-order valence-corrected chi connectivity index (χ3v) is 2.11. The van der Waals surface area contributed by atoms with E-state index in [1.165, 1.54) is 6.07 Å². The largest absolute Gasteiger partial charge is 0.416 e. The molecule has 0 spiro atoms. The lowest BCUT2D eigenvalue weighted by molar-refractivity contribution is -0.137. The van der Waals surface area contributed by atoms with Crippen LogP contribution in [0.1, 0.15) is 11.1 Å². The molecular weight excluding hydrogens is 276 g/mol. The molecule has 2 N–H and O–H groups in total. The molecule has 0 aliphatic carbocycles. The Hall–Kier alpha value is -0.650. The van der Waals surface area contributed by atoms with Gasteiger partial charge in [-0.15, -0.1) is 24.8 Å². The van der Waals surface area contributed by atoms with Gasteiger partial charge in [0.1, 0.15) is 0 Å². The zero-order valence-electron chi connectivity index (χ0n) is 9.41. The van der Waals surface area contributed by atoms with Crippen LogP contribution in [0, 0.1) is 0 Å². The average Bonchev–Trinajstić information content (AvgIpc) is 2.15. The summed E-state index contributed by atoms with van der Waals surface area (Å²) in [5, 5.41) is 0. The summed E-state index contributed by atoms with van der Waals surface area (Å²) in [6, 6.07) is 3.58. The first-order valence-electron chi connectivity index (χ1n) is 4.43. The molecule has 0 radical (unpaired) electrons. The van der Waals surface area contributed by atoms with Gasteiger partial charge in [0, 0.05) is 26.3 Å². The lowest BCUT2D eigenvalue weighted by Gasteiger charge is -2.18. The van der Waals surface area contributed by atoms with Gasteiger partial charge in [-0.2, -0.15) is 13.2 Å². The summed E-state index contributed by atoms with van der Waals surface area (Å²) in [6.07, 6.45) is -4.31. The predicted molar refractivity (Wildman–Crippen MR) is 68.2 cm³/mol. The summed E-state index contributed by atoms with van der Waals surface area (Å²) >= 11 is 0. The molecule has 0 fully saturated rings. The van der Waals surface area contributed by atoms with Crippen LogP contribution in [0.2, 0.25) is 0 Å². The molecule has 0 bridgehead atoms. The van der Waals surface area contributed by atoms with Crippen LogP contribution in [0.15, 0.2) is 18.2 Å². The smallest absolute Gasteiger partial charge is 0.377 e. The summed E-state index contributed by atoms with van der Waals surface area (Å²) in [6.45, 7) is 0.228. The van der Waals surface area contributed by atoms with E-state index < -0.39 is 11.7 Å². The van der Waals surface area contributed by atoms with Crippen molar-refractivity contribution in [2.24, 2.45) is 5.73 Å². The van der Waals surface area contributed by atoms with Crippen LogP contribution in [0.25, 0.3) is 0 Å². The molecule has 17 heavy (non-hydrogen) atoms. The Morgan fingerprint density at radius 3 is 2.06 bits per heavy atom. The van der Waals surface area contributed by atoms with Gasteiger partial charge in [0.25, 0.3) is 0 Å². The first-order chi connectivity index (χ1) is 6.86. The van der Waals surface area contributed by atoms with Crippen molar-refractivity contribution in [2.45, 2.75) is 12.7 Å². The van der Waals surface area contributed by atoms with E-state index in [1.54, 1.807) is 19.0 Å².